The summed E-state index contributed by atoms with van der Waals surface area (Å²) in [5.74, 6) is 0. The van der Waals surface area contributed by atoms with Crippen LogP contribution in [0.4, 0.5) is 5.69 Å². The quantitative estimate of drug-likeness (QED) is 0.854. The Bertz CT molecular complexity index is 577. The molecule has 1 aromatic rings. The van der Waals surface area contributed by atoms with Crippen LogP contribution in [-0.4, -0.2) is 24.8 Å². The van der Waals surface area contributed by atoms with Gasteiger partial charge in [-0.2, -0.15) is 4.31 Å². The standard InChI is InChI=1S/C15H24N2O2S/c1-10-8-14(9-15(16)13(10)4)20(18,19)17-11(2)6-5-7-12(17)3/h8-9,11-12H,5-7,16H2,1-4H3. The lowest BCUT2D eigenvalue weighted by atomic mass is 10.0. The highest BCUT2D eigenvalue weighted by molar-refractivity contribution is 7.89. The van der Waals surface area contributed by atoms with Crippen molar-refractivity contribution in [1.82, 2.24) is 4.31 Å². The third-order valence-electron chi connectivity index (χ3n) is 4.37. The summed E-state index contributed by atoms with van der Waals surface area (Å²) in [6.07, 6.45) is 2.93. The van der Waals surface area contributed by atoms with E-state index in [0.29, 0.717) is 10.6 Å². The lowest BCUT2D eigenvalue weighted by Crippen LogP contribution is -2.47. The Labute approximate surface area is 122 Å². The van der Waals surface area contributed by atoms with E-state index in [9.17, 15) is 8.42 Å². The Morgan fingerprint density at radius 1 is 1.15 bits per heavy atom. The highest BCUT2D eigenvalue weighted by atomic mass is 32.2. The summed E-state index contributed by atoms with van der Waals surface area (Å²) < 4.78 is 27.4. The zero-order valence-corrected chi connectivity index (χ0v) is 13.5. The number of hydrogen-bond acceptors (Lipinski definition) is 3. The highest BCUT2D eigenvalue weighted by Crippen LogP contribution is 2.31. The number of piperidine rings is 1. The molecule has 5 heteroatoms. The topological polar surface area (TPSA) is 63.4 Å². The Morgan fingerprint density at radius 2 is 1.70 bits per heavy atom. The van der Waals surface area contributed by atoms with Gasteiger partial charge in [0.1, 0.15) is 0 Å². The number of anilines is 1. The molecule has 2 unspecified atom stereocenters. The van der Waals surface area contributed by atoms with Crippen LogP contribution in [0.1, 0.15) is 44.2 Å². The van der Waals surface area contributed by atoms with Crippen molar-refractivity contribution in [1.29, 1.82) is 0 Å². The number of rotatable bonds is 2. The van der Waals surface area contributed by atoms with Crippen molar-refractivity contribution in [2.24, 2.45) is 0 Å². The molecule has 2 atom stereocenters. The monoisotopic (exact) mass is 296 g/mol. The van der Waals surface area contributed by atoms with E-state index >= 15 is 0 Å². The maximum absolute atomic E-state index is 12.9. The molecule has 0 bridgehead atoms. The van der Waals surface area contributed by atoms with Gasteiger partial charge in [-0.3, -0.25) is 0 Å². The molecule has 4 nitrogen and oxygen atoms in total. The van der Waals surface area contributed by atoms with Gasteiger partial charge in [0.2, 0.25) is 10.0 Å². The van der Waals surface area contributed by atoms with Crippen molar-refractivity contribution in [2.75, 3.05) is 5.73 Å². The van der Waals surface area contributed by atoms with Crippen LogP contribution in [-0.2, 0) is 10.0 Å². The predicted molar refractivity (Wildman–Crippen MR) is 82.1 cm³/mol. The highest BCUT2D eigenvalue weighted by Gasteiger charge is 2.35. The van der Waals surface area contributed by atoms with E-state index in [1.165, 1.54) is 0 Å². The van der Waals surface area contributed by atoms with E-state index in [4.69, 9.17) is 5.73 Å². The Kier molecular flexibility index (Phi) is 4.12. The molecule has 2 N–H and O–H groups in total. The molecule has 20 heavy (non-hydrogen) atoms. The predicted octanol–water partition coefficient (Wildman–Crippen LogP) is 2.84. The van der Waals surface area contributed by atoms with Crippen molar-refractivity contribution in [3.8, 4) is 0 Å². The fourth-order valence-electron chi connectivity index (χ4n) is 2.99. The molecule has 2 rings (SSSR count). The molecule has 1 aliphatic rings. The van der Waals surface area contributed by atoms with E-state index in [0.717, 1.165) is 30.4 Å². The van der Waals surface area contributed by atoms with Gasteiger partial charge in [-0.05, 0) is 63.8 Å². The minimum Gasteiger partial charge on any atom is -0.398 e. The van der Waals surface area contributed by atoms with Crippen LogP contribution in [0.5, 0.6) is 0 Å². The summed E-state index contributed by atoms with van der Waals surface area (Å²) in [6.45, 7) is 7.77. The number of aryl methyl sites for hydroxylation is 1. The molecule has 0 aliphatic carbocycles. The second-order valence-electron chi connectivity index (χ2n) is 5.92. The normalized spacial score (nSPS) is 24.8. The van der Waals surface area contributed by atoms with E-state index in [-0.39, 0.29) is 12.1 Å². The SMILES string of the molecule is Cc1cc(S(=O)(=O)N2C(C)CCCC2C)cc(N)c1C. The minimum atomic E-state index is -3.47. The van der Waals surface area contributed by atoms with Crippen molar-refractivity contribution in [3.05, 3.63) is 23.3 Å². The molecule has 1 fully saturated rings. The smallest absolute Gasteiger partial charge is 0.243 e. The number of nitrogens with zero attached hydrogens (tertiary/aromatic N) is 1. The molecule has 0 saturated carbocycles. The summed E-state index contributed by atoms with van der Waals surface area (Å²) in [6, 6.07) is 3.42. The van der Waals surface area contributed by atoms with E-state index in [1.807, 2.05) is 27.7 Å². The molecule has 1 aromatic carbocycles. The first-order valence-corrected chi connectivity index (χ1v) is 8.59. The van der Waals surface area contributed by atoms with Gasteiger partial charge in [0, 0.05) is 17.8 Å². The number of hydrogen-bond donors (Lipinski definition) is 1. The van der Waals surface area contributed by atoms with Crippen LogP contribution < -0.4 is 5.73 Å². The lowest BCUT2D eigenvalue weighted by Gasteiger charge is -2.37. The minimum absolute atomic E-state index is 0.0478. The molecule has 0 amide bonds. The Hall–Kier alpha value is -1.07. The van der Waals surface area contributed by atoms with Gasteiger partial charge < -0.3 is 5.73 Å². The zero-order chi connectivity index (χ0) is 15.1. The summed E-state index contributed by atoms with van der Waals surface area (Å²) in [4.78, 5) is 0.318. The first kappa shape index (κ1) is 15.3. The summed E-state index contributed by atoms with van der Waals surface area (Å²) in [7, 11) is -3.47. The number of sulfonamides is 1. The van der Waals surface area contributed by atoms with E-state index < -0.39 is 10.0 Å². The van der Waals surface area contributed by atoms with Crippen LogP contribution >= 0.6 is 0 Å². The number of nitrogens with two attached hydrogens (primary N) is 1. The van der Waals surface area contributed by atoms with Crippen molar-refractivity contribution in [3.63, 3.8) is 0 Å². The first-order chi connectivity index (χ1) is 9.25. The molecule has 0 radical (unpaired) electrons. The second kappa shape index (κ2) is 5.37. The molecule has 0 spiro atoms. The fourth-order valence-corrected chi connectivity index (χ4v) is 5.00. The maximum atomic E-state index is 12.9. The van der Waals surface area contributed by atoms with Crippen LogP contribution in [0.15, 0.2) is 17.0 Å². The molecule has 1 heterocycles. The molecule has 1 aliphatic heterocycles. The Balaban J connectivity index is 2.49. The van der Waals surface area contributed by atoms with Crippen LogP contribution in [0.3, 0.4) is 0 Å². The largest absolute Gasteiger partial charge is 0.398 e. The molecule has 112 valence electrons. The molecule has 0 aromatic heterocycles. The van der Waals surface area contributed by atoms with Gasteiger partial charge in [0.25, 0.3) is 0 Å². The van der Waals surface area contributed by atoms with E-state index in [1.54, 1.807) is 16.4 Å². The van der Waals surface area contributed by atoms with E-state index in [2.05, 4.69) is 0 Å². The van der Waals surface area contributed by atoms with Gasteiger partial charge in [-0.25, -0.2) is 8.42 Å². The van der Waals surface area contributed by atoms with Gasteiger partial charge in [0.15, 0.2) is 0 Å². The van der Waals surface area contributed by atoms with Gasteiger partial charge >= 0.3 is 0 Å². The zero-order valence-electron chi connectivity index (χ0n) is 12.7. The fraction of sp³-hybridized carbons (Fsp3) is 0.600. The molecule has 1 saturated heterocycles. The molecular formula is C15H24N2O2S. The van der Waals surface area contributed by atoms with Gasteiger partial charge in [-0.15, -0.1) is 0 Å². The summed E-state index contributed by atoms with van der Waals surface area (Å²) in [5.41, 5.74) is 8.34. The third-order valence-corrected chi connectivity index (χ3v) is 6.48. The first-order valence-electron chi connectivity index (χ1n) is 7.15. The second-order valence-corrected chi connectivity index (χ2v) is 7.76. The van der Waals surface area contributed by atoms with Crippen LogP contribution in [0, 0.1) is 13.8 Å². The summed E-state index contributed by atoms with van der Waals surface area (Å²) >= 11 is 0. The lowest BCUT2D eigenvalue weighted by molar-refractivity contribution is 0.204. The van der Waals surface area contributed by atoms with Gasteiger partial charge in [-0.1, -0.05) is 6.42 Å². The number of nitrogen functional groups attached to an aromatic ring is 1. The van der Waals surface area contributed by atoms with Crippen molar-refractivity contribution >= 4 is 15.7 Å². The Morgan fingerprint density at radius 3 is 2.20 bits per heavy atom. The average Bonchev–Trinajstić information content (AvgIpc) is 2.34. The third kappa shape index (κ3) is 2.56. The average molecular weight is 296 g/mol. The number of benzene rings is 1. The van der Waals surface area contributed by atoms with Crippen LogP contribution in [0.25, 0.3) is 0 Å². The summed E-state index contributed by atoms with van der Waals surface area (Å²) in [5, 5.41) is 0. The molecular weight excluding hydrogens is 272 g/mol. The maximum Gasteiger partial charge on any atom is 0.243 e. The van der Waals surface area contributed by atoms with Gasteiger partial charge in [0.05, 0.1) is 4.90 Å². The van der Waals surface area contributed by atoms with Crippen molar-refractivity contribution < 1.29 is 8.42 Å². The van der Waals surface area contributed by atoms with Crippen molar-refractivity contribution in [2.45, 2.75) is 63.9 Å². The van der Waals surface area contributed by atoms with Crippen LogP contribution in [0.2, 0.25) is 0 Å².